The standard InChI is InChI=1S/C26H20N4O5S/c1-15-26(32)30(12-24(31)28-17-6-8-22-23(11-17)34-14-33-22)20-10-16(5-7-21(20)35-15)19-13-36-25(29-19)18-4-2-3-9-27-18/h2-11,13,15H,12,14H2,1H3,(H,28,31). The summed E-state index contributed by atoms with van der Waals surface area (Å²) in [5.41, 5.74) is 3.42. The van der Waals surface area contributed by atoms with Crippen molar-refractivity contribution in [2.24, 2.45) is 0 Å². The highest BCUT2D eigenvalue weighted by atomic mass is 32.1. The number of thiazole rings is 1. The highest BCUT2D eigenvalue weighted by molar-refractivity contribution is 7.13. The van der Waals surface area contributed by atoms with Gasteiger partial charge in [-0.2, -0.15) is 0 Å². The molecular formula is C26H20N4O5S. The molecule has 0 spiro atoms. The number of nitrogens with zero attached hydrogens (tertiary/aromatic N) is 3. The average Bonchev–Trinajstić information content (AvgIpc) is 3.57. The van der Waals surface area contributed by atoms with E-state index in [1.807, 2.05) is 35.7 Å². The van der Waals surface area contributed by atoms with E-state index in [9.17, 15) is 9.59 Å². The molecule has 0 bridgehead atoms. The number of fused-ring (bicyclic) bond motifs is 2. The number of hydrogen-bond acceptors (Lipinski definition) is 8. The Labute approximate surface area is 210 Å². The summed E-state index contributed by atoms with van der Waals surface area (Å²) in [4.78, 5) is 36.5. The Balaban J connectivity index is 1.26. The summed E-state index contributed by atoms with van der Waals surface area (Å²) in [7, 11) is 0. The van der Waals surface area contributed by atoms with Crippen LogP contribution in [0.15, 0.2) is 66.2 Å². The van der Waals surface area contributed by atoms with Crippen molar-refractivity contribution in [1.82, 2.24) is 9.97 Å². The number of hydrogen-bond donors (Lipinski definition) is 1. The van der Waals surface area contributed by atoms with Crippen LogP contribution in [0.1, 0.15) is 6.92 Å². The van der Waals surface area contributed by atoms with Crippen LogP contribution in [0.5, 0.6) is 17.2 Å². The normalized spacial score (nSPS) is 15.9. The maximum atomic E-state index is 13.0. The molecule has 1 unspecified atom stereocenters. The fourth-order valence-electron chi connectivity index (χ4n) is 4.06. The Kier molecular flexibility index (Phi) is 5.49. The Morgan fingerprint density at radius 2 is 1.94 bits per heavy atom. The summed E-state index contributed by atoms with van der Waals surface area (Å²) in [6, 6.07) is 16.3. The Bertz CT molecular complexity index is 1470. The molecule has 180 valence electrons. The molecule has 36 heavy (non-hydrogen) atoms. The van der Waals surface area contributed by atoms with Crippen LogP contribution in [0.4, 0.5) is 11.4 Å². The van der Waals surface area contributed by atoms with Crippen molar-refractivity contribution in [2.75, 3.05) is 23.6 Å². The fraction of sp³-hybridized carbons (Fsp3) is 0.154. The molecule has 1 atom stereocenters. The zero-order valence-electron chi connectivity index (χ0n) is 19.1. The van der Waals surface area contributed by atoms with Crippen molar-refractivity contribution in [3.05, 3.63) is 66.2 Å². The minimum absolute atomic E-state index is 0.147. The molecule has 0 aliphatic carbocycles. The van der Waals surface area contributed by atoms with Gasteiger partial charge < -0.3 is 19.5 Å². The second kappa shape index (κ2) is 8.97. The van der Waals surface area contributed by atoms with Crippen LogP contribution in [-0.4, -0.2) is 41.2 Å². The number of rotatable bonds is 5. The van der Waals surface area contributed by atoms with Gasteiger partial charge in [0.05, 0.1) is 17.1 Å². The number of nitrogens with one attached hydrogen (secondary N) is 1. The second-order valence-electron chi connectivity index (χ2n) is 8.24. The molecule has 0 fully saturated rings. The molecule has 0 radical (unpaired) electrons. The number of ether oxygens (including phenoxy) is 3. The van der Waals surface area contributed by atoms with E-state index >= 15 is 0 Å². The molecule has 0 saturated carbocycles. The molecule has 9 nitrogen and oxygen atoms in total. The number of benzene rings is 2. The second-order valence-corrected chi connectivity index (χ2v) is 9.09. The maximum absolute atomic E-state index is 13.0. The lowest BCUT2D eigenvalue weighted by molar-refractivity contribution is -0.127. The van der Waals surface area contributed by atoms with Crippen molar-refractivity contribution in [1.29, 1.82) is 0 Å². The Morgan fingerprint density at radius 3 is 2.81 bits per heavy atom. The fourth-order valence-corrected chi connectivity index (χ4v) is 4.87. The first-order valence-electron chi connectivity index (χ1n) is 11.2. The molecule has 4 heterocycles. The molecule has 2 aliphatic heterocycles. The third kappa shape index (κ3) is 4.11. The molecule has 4 aromatic rings. The topological polar surface area (TPSA) is 103 Å². The van der Waals surface area contributed by atoms with E-state index < -0.39 is 6.10 Å². The highest BCUT2D eigenvalue weighted by Gasteiger charge is 2.33. The number of carbonyl (C=O) groups is 2. The first-order chi connectivity index (χ1) is 17.5. The lowest BCUT2D eigenvalue weighted by Gasteiger charge is -2.32. The minimum Gasteiger partial charge on any atom is -0.479 e. The molecule has 0 saturated heterocycles. The van der Waals surface area contributed by atoms with E-state index in [-0.39, 0.29) is 25.2 Å². The van der Waals surface area contributed by atoms with E-state index in [4.69, 9.17) is 19.2 Å². The van der Waals surface area contributed by atoms with Gasteiger partial charge in [0.1, 0.15) is 17.3 Å². The first-order valence-corrected chi connectivity index (χ1v) is 12.1. The highest BCUT2D eigenvalue weighted by Crippen LogP contribution is 2.39. The number of aromatic nitrogens is 2. The average molecular weight is 501 g/mol. The molecule has 2 aromatic carbocycles. The van der Waals surface area contributed by atoms with E-state index in [0.717, 1.165) is 22.0 Å². The van der Waals surface area contributed by atoms with Crippen molar-refractivity contribution in [3.63, 3.8) is 0 Å². The third-order valence-electron chi connectivity index (χ3n) is 5.81. The van der Waals surface area contributed by atoms with Crippen LogP contribution in [0.25, 0.3) is 22.0 Å². The predicted octanol–water partition coefficient (Wildman–Crippen LogP) is 4.35. The van der Waals surface area contributed by atoms with Gasteiger partial charge in [0.2, 0.25) is 12.7 Å². The van der Waals surface area contributed by atoms with Gasteiger partial charge in [-0.15, -0.1) is 11.3 Å². The Hall–Kier alpha value is -4.44. The van der Waals surface area contributed by atoms with Crippen LogP contribution in [0, 0.1) is 0 Å². The van der Waals surface area contributed by atoms with E-state index in [1.165, 1.54) is 16.2 Å². The van der Waals surface area contributed by atoms with Gasteiger partial charge in [-0.05, 0) is 49.4 Å². The molecule has 2 aromatic heterocycles. The predicted molar refractivity (Wildman–Crippen MR) is 134 cm³/mol. The largest absolute Gasteiger partial charge is 0.479 e. The van der Waals surface area contributed by atoms with Crippen LogP contribution in [-0.2, 0) is 9.59 Å². The number of pyridine rings is 1. The van der Waals surface area contributed by atoms with Crippen LogP contribution >= 0.6 is 11.3 Å². The molecule has 2 amide bonds. The van der Waals surface area contributed by atoms with Gasteiger partial charge in [0, 0.05) is 28.9 Å². The van der Waals surface area contributed by atoms with Gasteiger partial charge in [-0.1, -0.05) is 6.07 Å². The Morgan fingerprint density at radius 1 is 1.08 bits per heavy atom. The summed E-state index contributed by atoms with van der Waals surface area (Å²) in [6.45, 7) is 1.64. The lowest BCUT2D eigenvalue weighted by atomic mass is 10.1. The van der Waals surface area contributed by atoms with E-state index in [0.29, 0.717) is 28.6 Å². The third-order valence-corrected chi connectivity index (χ3v) is 6.67. The summed E-state index contributed by atoms with van der Waals surface area (Å²) >= 11 is 1.49. The van der Waals surface area contributed by atoms with E-state index in [1.54, 1.807) is 37.4 Å². The van der Waals surface area contributed by atoms with Gasteiger partial charge in [0.15, 0.2) is 17.6 Å². The molecule has 10 heteroatoms. The monoisotopic (exact) mass is 500 g/mol. The van der Waals surface area contributed by atoms with Gasteiger partial charge >= 0.3 is 0 Å². The van der Waals surface area contributed by atoms with Crippen molar-refractivity contribution in [2.45, 2.75) is 13.0 Å². The molecular weight excluding hydrogens is 480 g/mol. The summed E-state index contributed by atoms with van der Waals surface area (Å²) < 4.78 is 16.5. The van der Waals surface area contributed by atoms with Crippen LogP contribution in [0.3, 0.4) is 0 Å². The summed E-state index contributed by atoms with van der Waals surface area (Å²) in [6.07, 6.45) is 1.02. The number of anilines is 2. The van der Waals surface area contributed by atoms with Gasteiger partial charge in [-0.3, -0.25) is 19.5 Å². The minimum atomic E-state index is -0.711. The maximum Gasteiger partial charge on any atom is 0.268 e. The van der Waals surface area contributed by atoms with Crippen LogP contribution in [0.2, 0.25) is 0 Å². The SMILES string of the molecule is CC1Oc2ccc(-c3csc(-c4ccccn4)n3)cc2N(CC(=O)Nc2ccc3c(c2)OCO3)C1=O. The van der Waals surface area contributed by atoms with Crippen LogP contribution < -0.4 is 24.4 Å². The van der Waals surface area contributed by atoms with E-state index in [2.05, 4.69) is 10.3 Å². The van der Waals surface area contributed by atoms with Gasteiger partial charge in [-0.25, -0.2) is 4.98 Å². The van der Waals surface area contributed by atoms with Gasteiger partial charge in [0.25, 0.3) is 5.91 Å². The number of carbonyl (C=O) groups excluding carboxylic acids is 2. The van der Waals surface area contributed by atoms with Crippen molar-refractivity contribution >= 4 is 34.5 Å². The first kappa shape index (κ1) is 22.1. The smallest absolute Gasteiger partial charge is 0.268 e. The lowest BCUT2D eigenvalue weighted by Crippen LogP contribution is -2.47. The summed E-state index contributed by atoms with van der Waals surface area (Å²) in [5, 5.41) is 5.56. The number of amides is 2. The zero-order valence-corrected chi connectivity index (χ0v) is 20.0. The summed E-state index contributed by atoms with van der Waals surface area (Å²) in [5.74, 6) is 1.07. The molecule has 6 rings (SSSR count). The zero-order chi connectivity index (χ0) is 24.6. The van der Waals surface area contributed by atoms with Crippen molar-refractivity contribution < 1.29 is 23.8 Å². The molecule has 1 N–H and O–H groups in total. The molecule has 2 aliphatic rings. The van der Waals surface area contributed by atoms with Crippen molar-refractivity contribution in [3.8, 4) is 39.2 Å². The quantitative estimate of drug-likeness (QED) is 0.435.